The first kappa shape index (κ1) is 9.10. The predicted molar refractivity (Wildman–Crippen MR) is 46.4 cm³/mol. The van der Waals surface area contributed by atoms with Gasteiger partial charge in [0.25, 0.3) is 0 Å². The SMILES string of the molecule is CC(C#N)CNCc1csnn1. The third-order valence-electron chi connectivity index (χ3n) is 1.38. The number of nitrogens with zero attached hydrogens (tertiary/aromatic N) is 3. The van der Waals surface area contributed by atoms with E-state index in [4.69, 9.17) is 5.26 Å². The Bertz CT molecular complexity index is 251. The summed E-state index contributed by atoms with van der Waals surface area (Å²) in [4.78, 5) is 0. The monoisotopic (exact) mass is 182 g/mol. The zero-order chi connectivity index (χ0) is 8.81. The van der Waals surface area contributed by atoms with E-state index in [-0.39, 0.29) is 5.92 Å². The second kappa shape index (κ2) is 4.80. The Morgan fingerprint density at radius 1 is 1.83 bits per heavy atom. The molecule has 1 atom stereocenters. The highest BCUT2D eigenvalue weighted by molar-refractivity contribution is 7.03. The van der Waals surface area contributed by atoms with Crippen molar-refractivity contribution < 1.29 is 0 Å². The van der Waals surface area contributed by atoms with Crippen LogP contribution < -0.4 is 5.32 Å². The number of aromatic nitrogens is 2. The van der Waals surface area contributed by atoms with Crippen LogP contribution in [0.25, 0.3) is 0 Å². The van der Waals surface area contributed by atoms with Crippen molar-refractivity contribution in [2.24, 2.45) is 5.92 Å². The van der Waals surface area contributed by atoms with Crippen molar-refractivity contribution in [2.45, 2.75) is 13.5 Å². The smallest absolute Gasteiger partial charge is 0.0893 e. The van der Waals surface area contributed by atoms with Crippen LogP contribution >= 0.6 is 11.5 Å². The van der Waals surface area contributed by atoms with Crippen molar-refractivity contribution in [3.05, 3.63) is 11.1 Å². The third-order valence-corrected chi connectivity index (χ3v) is 1.94. The van der Waals surface area contributed by atoms with Crippen LogP contribution in [0.5, 0.6) is 0 Å². The summed E-state index contributed by atoms with van der Waals surface area (Å²) in [6, 6.07) is 2.15. The van der Waals surface area contributed by atoms with Crippen molar-refractivity contribution in [3.63, 3.8) is 0 Å². The highest BCUT2D eigenvalue weighted by atomic mass is 32.1. The van der Waals surface area contributed by atoms with Crippen molar-refractivity contribution in [2.75, 3.05) is 6.54 Å². The van der Waals surface area contributed by atoms with E-state index in [0.29, 0.717) is 13.1 Å². The van der Waals surface area contributed by atoms with Gasteiger partial charge in [-0.2, -0.15) is 5.26 Å². The molecule has 0 fully saturated rings. The van der Waals surface area contributed by atoms with Crippen LogP contribution in [0.15, 0.2) is 5.38 Å². The van der Waals surface area contributed by atoms with E-state index in [1.54, 1.807) is 0 Å². The minimum atomic E-state index is 0.0524. The lowest BCUT2D eigenvalue weighted by atomic mass is 10.2. The minimum Gasteiger partial charge on any atom is -0.310 e. The molecule has 0 aliphatic heterocycles. The van der Waals surface area contributed by atoms with E-state index in [1.807, 2.05) is 12.3 Å². The van der Waals surface area contributed by atoms with E-state index in [2.05, 4.69) is 21.0 Å². The predicted octanol–water partition coefficient (Wildman–Crippen LogP) is 0.787. The molecule has 1 rings (SSSR count). The van der Waals surface area contributed by atoms with Crippen molar-refractivity contribution in [1.29, 1.82) is 5.26 Å². The number of hydrogen-bond acceptors (Lipinski definition) is 5. The fraction of sp³-hybridized carbons (Fsp3) is 0.571. The average Bonchev–Trinajstić information content (AvgIpc) is 2.57. The maximum absolute atomic E-state index is 8.48. The van der Waals surface area contributed by atoms with E-state index in [0.717, 1.165) is 5.69 Å². The molecule has 0 bridgehead atoms. The van der Waals surface area contributed by atoms with Crippen LogP contribution in [-0.4, -0.2) is 16.1 Å². The van der Waals surface area contributed by atoms with Gasteiger partial charge in [-0.05, 0) is 18.5 Å². The van der Waals surface area contributed by atoms with Crippen LogP contribution in [0.1, 0.15) is 12.6 Å². The van der Waals surface area contributed by atoms with Crippen LogP contribution in [0.4, 0.5) is 0 Å². The molecule has 0 amide bonds. The topological polar surface area (TPSA) is 61.6 Å². The van der Waals surface area contributed by atoms with Crippen LogP contribution in [0.3, 0.4) is 0 Å². The summed E-state index contributed by atoms with van der Waals surface area (Å²) in [6.07, 6.45) is 0. The molecule has 0 saturated carbocycles. The molecule has 12 heavy (non-hydrogen) atoms. The second-order valence-electron chi connectivity index (χ2n) is 2.56. The first-order chi connectivity index (χ1) is 5.83. The lowest BCUT2D eigenvalue weighted by Crippen LogP contribution is -2.19. The Balaban J connectivity index is 2.16. The van der Waals surface area contributed by atoms with Crippen molar-refractivity contribution in [3.8, 4) is 6.07 Å². The zero-order valence-corrected chi connectivity index (χ0v) is 7.64. The molecule has 0 saturated heterocycles. The summed E-state index contributed by atoms with van der Waals surface area (Å²) in [6.45, 7) is 3.28. The van der Waals surface area contributed by atoms with Gasteiger partial charge in [-0.1, -0.05) is 4.49 Å². The first-order valence-corrected chi connectivity index (χ1v) is 4.53. The number of rotatable bonds is 4. The van der Waals surface area contributed by atoms with Gasteiger partial charge in [-0.15, -0.1) is 5.10 Å². The number of nitrogens with one attached hydrogen (secondary N) is 1. The highest BCUT2D eigenvalue weighted by Gasteiger charge is 1.99. The largest absolute Gasteiger partial charge is 0.310 e. The molecule has 0 radical (unpaired) electrons. The summed E-state index contributed by atoms with van der Waals surface area (Å²) < 4.78 is 3.73. The summed E-state index contributed by atoms with van der Waals surface area (Å²) in [5.74, 6) is 0.0524. The molecule has 0 aliphatic carbocycles. The standard InChI is InChI=1S/C7H10N4S/c1-6(2-8)3-9-4-7-5-12-11-10-7/h5-6,9H,3-4H2,1H3. The average molecular weight is 182 g/mol. The molecular formula is C7H10N4S. The zero-order valence-electron chi connectivity index (χ0n) is 6.82. The molecule has 1 heterocycles. The molecule has 1 aromatic heterocycles. The van der Waals surface area contributed by atoms with Gasteiger partial charge < -0.3 is 5.32 Å². The van der Waals surface area contributed by atoms with Gasteiger partial charge in [0.15, 0.2) is 0 Å². The van der Waals surface area contributed by atoms with Crippen LogP contribution in [0, 0.1) is 17.2 Å². The fourth-order valence-corrected chi connectivity index (χ4v) is 1.17. The van der Waals surface area contributed by atoms with E-state index in [9.17, 15) is 0 Å². The molecular weight excluding hydrogens is 172 g/mol. The maximum atomic E-state index is 8.48. The second-order valence-corrected chi connectivity index (χ2v) is 3.17. The molecule has 5 heteroatoms. The molecule has 1 aromatic rings. The van der Waals surface area contributed by atoms with Gasteiger partial charge in [0.1, 0.15) is 0 Å². The lowest BCUT2D eigenvalue weighted by molar-refractivity contribution is 0.594. The van der Waals surface area contributed by atoms with Gasteiger partial charge in [0.2, 0.25) is 0 Å². The van der Waals surface area contributed by atoms with Gasteiger partial charge in [0.05, 0.1) is 17.7 Å². The Kier molecular flexibility index (Phi) is 3.64. The van der Waals surface area contributed by atoms with Crippen LogP contribution in [0.2, 0.25) is 0 Å². The highest BCUT2D eigenvalue weighted by Crippen LogP contribution is 1.96. The Morgan fingerprint density at radius 2 is 2.67 bits per heavy atom. The number of nitriles is 1. The van der Waals surface area contributed by atoms with Gasteiger partial charge in [-0.3, -0.25) is 0 Å². The third kappa shape index (κ3) is 2.95. The van der Waals surface area contributed by atoms with Gasteiger partial charge in [-0.25, -0.2) is 0 Å². The van der Waals surface area contributed by atoms with E-state index < -0.39 is 0 Å². The van der Waals surface area contributed by atoms with Gasteiger partial charge in [0, 0.05) is 18.5 Å². The maximum Gasteiger partial charge on any atom is 0.0893 e. The molecule has 4 nitrogen and oxygen atoms in total. The Hall–Kier alpha value is -0.990. The fourth-order valence-electron chi connectivity index (χ4n) is 0.723. The normalized spacial score (nSPS) is 12.3. The molecule has 0 aliphatic rings. The quantitative estimate of drug-likeness (QED) is 0.747. The van der Waals surface area contributed by atoms with Gasteiger partial charge >= 0.3 is 0 Å². The molecule has 1 unspecified atom stereocenters. The Morgan fingerprint density at radius 3 is 3.25 bits per heavy atom. The summed E-state index contributed by atoms with van der Waals surface area (Å²) >= 11 is 1.34. The van der Waals surface area contributed by atoms with E-state index >= 15 is 0 Å². The Labute approximate surface area is 75.4 Å². The first-order valence-electron chi connectivity index (χ1n) is 3.69. The van der Waals surface area contributed by atoms with Crippen molar-refractivity contribution in [1.82, 2.24) is 14.9 Å². The molecule has 1 N–H and O–H groups in total. The molecule has 64 valence electrons. The summed E-state index contributed by atoms with van der Waals surface area (Å²) in [5.41, 5.74) is 0.935. The number of hydrogen-bond donors (Lipinski definition) is 1. The summed E-state index contributed by atoms with van der Waals surface area (Å²) in [5, 5.41) is 17.4. The van der Waals surface area contributed by atoms with Crippen molar-refractivity contribution >= 4 is 11.5 Å². The minimum absolute atomic E-state index is 0.0524. The lowest BCUT2D eigenvalue weighted by Gasteiger charge is -2.02. The van der Waals surface area contributed by atoms with Crippen LogP contribution in [-0.2, 0) is 6.54 Å². The van der Waals surface area contributed by atoms with E-state index in [1.165, 1.54) is 11.5 Å². The summed E-state index contributed by atoms with van der Waals surface area (Å²) in [7, 11) is 0. The molecule has 0 spiro atoms. The molecule has 0 aromatic carbocycles.